The maximum absolute atomic E-state index is 12.8. The highest BCUT2D eigenvalue weighted by Crippen LogP contribution is 2.64. The number of halogens is 1. The summed E-state index contributed by atoms with van der Waals surface area (Å²) in [6.45, 7) is 0.244. The zero-order valence-corrected chi connectivity index (χ0v) is 17.1. The molecule has 5 rings (SSSR count). The predicted octanol–water partition coefficient (Wildman–Crippen LogP) is 3.47. The molecule has 0 aliphatic heterocycles. The fraction of sp³-hybridized carbons (Fsp3) is 0.636. The molecule has 4 aliphatic rings. The third-order valence-electron chi connectivity index (χ3n) is 6.67. The number of methoxy groups -OCH3 is 1. The van der Waals surface area contributed by atoms with Crippen molar-refractivity contribution in [1.29, 1.82) is 0 Å². The minimum atomic E-state index is -0.469. The number of hydrogen-bond acceptors (Lipinski definition) is 4. The topological polar surface area (TPSA) is 64.6 Å². The Kier molecular flexibility index (Phi) is 5.30. The van der Waals surface area contributed by atoms with Crippen LogP contribution in [0.25, 0.3) is 0 Å². The van der Waals surface area contributed by atoms with Crippen LogP contribution in [0.4, 0.5) is 0 Å². The van der Waals surface area contributed by atoms with Crippen LogP contribution in [0.2, 0.25) is 0 Å². The number of alkyl halides is 1. The predicted molar refractivity (Wildman–Crippen MR) is 106 cm³/mol. The molecule has 4 saturated carbocycles. The Morgan fingerprint density at radius 1 is 1.18 bits per heavy atom. The van der Waals surface area contributed by atoms with Crippen molar-refractivity contribution in [3.05, 3.63) is 29.8 Å². The smallest absolute Gasteiger partial charge is 0.312 e. The van der Waals surface area contributed by atoms with Gasteiger partial charge in [0.25, 0.3) is 5.91 Å². The average Bonchev–Trinajstić information content (AvgIpc) is 2.64. The maximum Gasteiger partial charge on any atom is 0.312 e. The summed E-state index contributed by atoms with van der Waals surface area (Å²) in [5, 5.41) is 2.82. The van der Waals surface area contributed by atoms with Crippen LogP contribution >= 0.6 is 11.6 Å². The molecule has 1 N–H and O–H groups in total. The molecule has 6 heteroatoms. The van der Waals surface area contributed by atoms with Crippen molar-refractivity contribution in [2.24, 2.45) is 17.3 Å². The first-order valence-electron chi connectivity index (χ1n) is 10.2. The summed E-state index contributed by atoms with van der Waals surface area (Å²) in [5.74, 6) is 1.36. The number of carbonyl (C=O) groups is 2. The number of para-hydroxylation sites is 1. The molecule has 4 bridgehead atoms. The van der Waals surface area contributed by atoms with Gasteiger partial charge in [0, 0.05) is 11.4 Å². The molecule has 2 unspecified atom stereocenters. The van der Waals surface area contributed by atoms with E-state index in [0.29, 0.717) is 31.2 Å². The second-order valence-electron chi connectivity index (χ2n) is 8.88. The highest BCUT2D eigenvalue weighted by molar-refractivity contribution is 6.24. The van der Waals surface area contributed by atoms with Crippen LogP contribution in [0.15, 0.2) is 24.3 Å². The zero-order chi connectivity index (χ0) is 19.8. The lowest BCUT2D eigenvalue weighted by Crippen LogP contribution is -2.56. The first-order valence-corrected chi connectivity index (χ1v) is 10.5. The van der Waals surface area contributed by atoms with Gasteiger partial charge in [0.1, 0.15) is 5.75 Å². The molecule has 28 heavy (non-hydrogen) atoms. The summed E-state index contributed by atoms with van der Waals surface area (Å²) in [4.78, 5) is 24.7. The van der Waals surface area contributed by atoms with E-state index in [-0.39, 0.29) is 23.4 Å². The normalized spacial score (nSPS) is 32.8. The Bertz CT molecular complexity index is 751. The van der Waals surface area contributed by atoms with Crippen LogP contribution in [0.1, 0.15) is 44.1 Å². The van der Waals surface area contributed by atoms with Crippen LogP contribution in [-0.2, 0) is 20.7 Å². The fourth-order valence-corrected chi connectivity index (χ4v) is 6.66. The van der Waals surface area contributed by atoms with Crippen LogP contribution < -0.4 is 10.1 Å². The van der Waals surface area contributed by atoms with Gasteiger partial charge in [-0.3, -0.25) is 9.59 Å². The van der Waals surface area contributed by atoms with Gasteiger partial charge in [-0.25, -0.2) is 0 Å². The second kappa shape index (κ2) is 7.58. The molecule has 0 radical (unpaired) electrons. The van der Waals surface area contributed by atoms with E-state index >= 15 is 0 Å². The number of hydrogen-bond donors (Lipinski definition) is 1. The van der Waals surface area contributed by atoms with E-state index in [1.54, 1.807) is 7.11 Å². The molecule has 152 valence electrons. The van der Waals surface area contributed by atoms with Crippen LogP contribution in [0, 0.1) is 17.3 Å². The third-order valence-corrected chi connectivity index (χ3v) is 7.11. The van der Waals surface area contributed by atoms with Gasteiger partial charge in [-0.05, 0) is 68.4 Å². The van der Waals surface area contributed by atoms with E-state index in [1.165, 1.54) is 6.42 Å². The molecule has 1 aromatic rings. The Balaban J connectivity index is 1.25. The lowest BCUT2D eigenvalue weighted by Gasteiger charge is -2.58. The van der Waals surface area contributed by atoms with Crippen LogP contribution in [0.5, 0.6) is 5.75 Å². The lowest BCUT2D eigenvalue weighted by molar-refractivity contribution is -0.171. The molecule has 4 atom stereocenters. The van der Waals surface area contributed by atoms with Gasteiger partial charge in [0.2, 0.25) is 0 Å². The molecule has 0 saturated heterocycles. The van der Waals surface area contributed by atoms with Gasteiger partial charge >= 0.3 is 5.97 Å². The van der Waals surface area contributed by atoms with Crippen LogP contribution in [0.3, 0.4) is 0 Å². The van der Waals surface area contributed by atoms with Crippen molar-refractivity contribution in [2.45, 2.75) is 49.8 Å². The summed E-state index contributed by atoms with van der Waals surface area (Å²) in [7, 11) is 1.63. The lowest BCUT2D eigenvalue weighted by atomic mass is 9.49. The molecular formula is C22H28ClNO4. The fourth-order valence-electron chi connectivity index (χ4n) is 5.97. The Labute approximate surface area is 171 Å². The minimum absolute atomic E-state index is 0.225. The first kappa shape index (κ1) is 19.6. The molecular weight excluding hydrogens is 378 g/mol. The highest BCUT2D eigenvalue weighted by atomic mass is 35.5. The number of rotatable bonds is 7. The van der Waals surface area contributed by atoms with Crippen molar-refractivity contribution in [3.8, 4) is 5.75 Å². The molecule has 5 nitrogen and oxygen atoms in total. The molecule has 4 aliphatic carbocycles. The van der Waals surface area contributed by atoms with Crippen molar-refractivity contribution >= 4 is 23.5 Å². The SMILES string of the molecule is COc1ccccc1CCNC(=O)COC(=O)C12C[C@@H]3C[C@@H](CC(Cl)(C3)C1)C2. The Morgan fingerprint density at radius 2 is 1.89 bits per heavy atom. The number of carbonyl (C=O) groups excluding carboxylic acids is 2. The molecule has 0 spiro atoms. The zero-order valence-electron chi connectivity index (χ0n) is 16.3. The maximum atomic E-state index is 12.8. The number of benzene rings is 1. The largest absolute Gasteiger partial charge is 0.496 e. The monoisotopic (exact) mass is 405 g/mol. The summed E-state index contributed by atoms with van der Waals surface area (Å²) >= 11 is 6.78. The van der Waals surface area contributed by atoms with Gasteiger partial charge in [-0.2, -0.15) is 0 Å². The summed E-state index contributed by atoms with van der Waals surface area (Å²) in [6, 6.07) is 7.72. The van der Waals surface area contributed by atoms with E-state index in [4.69, 9.17) is 21.1 Å². The van der Waals surface area contributed by atoms with Gasteiger partial charge in [-0.15, -0.1) is 11.6 Å². The molecule has 1 aromatic carbocycles. The van der Waals surface area contributed by atoms with Crippen molar-refractivity contribution in [2.75, 3.05) is 20.3 Å². The van der Waals surface area contributed by atoms with Gasteiger partial charge in [0.15, 0.2) is 6.61 Å². The number of ether oxygens (including phenoxy) is 2. The summed E-state index contributed by atoms with van der Waals surface area (Å²) in [6.07, 6.45) is 6.31. The second-order valence-corrected chi connectivity index (χ2v) is 9.68. The first-order chi connectivity index (χ1) is 13.4. The van der Waals surface area contributed by atoms with E-state index in [0.717, 1.165) is 37.0 Å². The number of nitrogens with one attached hydrogen (secondary N) is 1. The van der Waals surface area contributed by atoms with Crippen molar-refractivity contribution in [3.63, 3.8) is 0 Å². The van der Waals surface area contributed by atoms with Crippen molar-refractivity contribution < 1.29 is 19.1 Å². The molecule has 0 heterocycles. The molecule has 4 fully saturated rings. The third kappa shape index (κ3) is 3.86. The Morgan fingerprint density at radius 3 is 2.57 bits per heavy atom. The molecule has 0 aromatic heterocycles. The highest BCUT2D eigenvalue weighted by Gasteiger charge is 2.60. The van der Waals surface area contributed by atoms with Crippen LogP contribution in [-0.4, -0.2) is 37.0 Å². The number of amides is 1. The van der Waals surface area contributed by atoms with E-state index in [1.807, 2.05) is 24.3 Å². The van der Waals surface area contributed by atoms with E-state index < -0.39 is 5.41 Å². The molecule has 1 amide bonds. The van der Waals surface area contributed by atoms with Gasteiger partial charge in [-0.1, -0.05) is 18.2 Å². The standard InChI is InChI=1S/C22H28ClNO4/c1-27-18-5-3-2-4-17(18)6-7-24-19(25)13-28-20(26)21-9-15-8-16(10-21)12-22(23,11-15)14-21/h2-5,15-16H,6-14H2,1H3,(H,24,25)/t15-,16+,21?,22?. The number of esters is 1. The Hall–Kier alpha value is -1.75. The summed E-state index contributed by atoms with van der Waals surface area (Å²) < 4.78 is 10.8. The quantitative estimate of drug-likeness (QED) is 0.557. The van der Waals surface area contributed by atoms with Crippen molar-refractivity contribution in [1.82, 2.24) is 5.32 Å². The van der Waals surface area contributed by atoms with Gasteiger partial charge in [0.05, 0.1) is 12.5 Å². The summed E-state index contributed by atoms with van der Waals surface area (Å²) in [5.41, 5.74) is 0.562. The van der Waals surface area contributed by atoms with Gasteiger partial charge < -0.3 is 14.8 Å². The van der Waals surface area contributed by atoms with E-state index in [2.05, 4.69) is 5.32 Å². The average molecular weight is 406 g/mol. The minimum Gasteiger partial charge on any atom is -0.496 e. The van der Waals surface area contributed by atoms with E-state index in [9.17, 15) is 9.59 Å².